The lowest BCUT2D eigenvalue weighted by Crippen LogP contribution is -2.16. The number of carboxylic acids is 1. The molecule has 1 amide bonds. The average molecular weight is 438 g/mol. The summed E-state index contributed by atoms with van der Waals surface area (Å²) in [6.07, 6.45) is 7.19. The van der Waals surface area contributed by atoms with Crippen molar-refractivity contribution in [2.75, 3.05) is 11.9 Å². The van der Waals surface area contributed by atoms with Gasteiger partial charge < -0.3 is 15.2 Å². The van der Waals surface area contributed by atoms with Gasteiger partial charge in [-0.1, -0.05) is 62.2 Å². The average Bonchev–Trinajstić information content (AvgIpc) is 2.70. The molecule has 0 bridgehead atoms. The van der Waals surface area contributed by atoms with Crippen LogP contribution in [0.4, 0.5) is 5.69 Å². The molecule has 0 aliphatic rings. The maximum absolute atomic E-state index is 12.5. The van der Waals surface area contributed by atoms with Gasteiger partial charge in [0.1, 0.15) is 5.75 Å². The number of ether oxygens (including phenoxy) is 1. The van der Waals surface area contributed by atoms with Crippen LogP contribution < -0.4 is 10.1 Å². The minimum Gasteiger partial charge on any atom is -0.494 e. The van der Waals surface area contributed by atoms with Crippen LogP contribution in [0.5, 0.6) is 5.75 Å². The highest BCUT2D eigenvalue weighted by Crippen LogP contribution is 2.27. The molecule has 2 rings (SSSR count). The first kappa shape index (κ1) is 23.0. The Bertz CT molecular complexity index is 837. The molecule has 0 fully saturated rings. The molecule has 2 aromatic rings. The highest BCUT2D eigenvalue weighted by Gasteiger charge is 2.19. The molecule has 29 heavy (non-hydrogen) atoms. The third-order valence-corrected chi connectivity index (χ3v) is 5.14. The summed E-state index contributed by atoms with van der Waals surface area (Å²) in [6.45, 7) is 2.86. The Morgan fingerprint density at radius 3 is 2.14 bits per heavy atom. The van der Waals surface area contributed by atoms with Gasteiger partial charge in [-0.2, -0.15) is 0 Å². The molecule has 156 valence electrons. The molecule has 0 aliphatic carbocycles. The highest BCUT2D eigenvalue weighted by atomic mass is 35.5. The van der Waals surface area contributed by atoms with Crippen molar-refractivity contribution in [1.82, 2.24) is 0 Å². The first-order chi connectivity index (χ1) is 13.9. The van der Waals surface area contributed by atoms with E-state index in [0.29, 0.717) is 12.3 Å². The Morgan fingerprint density at radius 2 is 1.52 bits per heavy atom. The zero-order chi connectivity index (χ0) is 21.2. The van der Waals surface area contributed by atoms with Crippen molar-refractivity contribution in [3.63, 3.8) is 0 Å². The normalized spacial score (nSPS) is 10.6. The molecule has 2 N–H and O–H groups in total. The largest absolute Gasteiger partial charge is 0.494 e. The van der Waals surface area contributed by atoms with Crippen LogP contribution in [-0.2, 0) is 0 Å². The number of nitrogens with one attached hydrogen (secondary N) is 1. The lowest BCUT2D eigenvalue weighted by Gasteiger charge is -2.10. The second kappa shape index (κ2) is 11.7. The molecule has 7 heteroatoms. The zero-order valence-electron chi connectivity index (χ0n) is 16.3. The van der Waals surface area contributed by atoms with Crippen LogP contribution in [0.25, 0.3) is 0 Å². The van der Waals surface area contributed by atoms with Crippen LogP contribution in [0.3, 0.4) is 0 Å². The summed E-state index contributed by atoms with van der Waals surface area (Å²) in [4.78, 5) is 23.9. The second-order valence-electron chi connectivity index (χ2n) is 6.71. The molecule has 0 saturated heterocycles. The number of aromatic carboxylic acids is 1. The van der Waals surface area contributed by atoms with Crippen LogP contribution in [0.15, 0.2) is 36.4 Å². The number of carboxylic acid groups (broad SMARTS) is 1. The smallest absolute Gasteiger partial charge is 0.336 e. The van der Waals surface area contributed by atoms with Crippen molar-refractivity contribution in [3.8, 4) is 5.75 Å². The fourth-order valence-corrected chi connectivity index (χ4v) is 3.14. The standard InChI is InChI=1S/C22H25Cl2NO4/c1-2-3-4-5-6-7-12-29-16-10-8-15(9-11-16)25-21(26)17-13-19(23)20(24)14-18(17)22(27)28/h8-11,13-14H,2-7,12H2,1H3,(H,25,26)(H,27,28). The Hall–Kier alpha value is -2.24. The number of rotatable bonds is 11. The van der Waals surface area contributed by atoms with Gasteiger partial charge in [0.15, 0.2) is 0 Å². The van der Waals surface area contributed by atoms with E-state index in [9.17, 15) is 14.7 Å². The van der Waals surface area contributed by atoms with Crippen molar-refractivity contribution < 1.29 is 19.4 Å². The van der Waals surface area contributed by atoms with Crippen LogP contribution in [-0.4, -0.2) is 23.6 Å². The maximum atomic E-state index is 12.5. The molecule has 0 spiro atoms. The lowest BCUT2D eigenvalue weighted by molar-refractivity contribution is 0.0692. The van der Waals surface area contributed by atoms with Crippen LogP contribution >= 0.6 is 23.2 Å². The van der Waals surface area contributed by atoms with Crippen LogP contribution in [0, 0.1) is 0 Å². The van der Waals surface area contributed by atoms with Crippen molar-refractivity contribution >= 4 is 40.8 Å². The Kier molecular flexibility index (Phi) is 9.29. The lowest BCUT2D eigenvalue weighted by atomic mass is 10.1. The molecular formula is C22H25Cl2NO4. The number of benzene rings is 2. The molecule has 2 aromatic carbocycles. The quantitative estimate of drug-likeness (QED) is 0.384. The number of unbranched alkanes of at least 4 members (excludes halogenated alkanes) is 5. The van der Waals surface area contributed by atoms with E-state index in [-0.39, 0.29) is 21.2 Å². The Balaban J connectivity index is 1.90. The second-order valence-corrected chi connectivity index (χ2v) is 7.53. The number of hydrogen-bond donors (Lipinski definition) is 2. The summed E-state index contributed by atoms with van der Waals surface area (Å²) >= 11 is 11.8. The zero-order valence-corrected chi connectivity index (χ0v) is 17.9. The summed E-state index contributed by atoms with van der Waals surface area (Å²) in [7, 11) is 0. The summed E-state index contributed by atoms with van der Waals surface area (Å²) < 4.78 is 5.71. The number of amides is 1. The van der Waals surface area contributed by atoms with Crippen LogP contribution in [0.1, 0.15) is 66.2 Å². The highest BCUT2D eigenvalue weighted by molar-refractivity contribution is 6.42. The van der Waals surface area contributed by atoms with E-state index in [4.69, 9.17) is 27.9 Å². The number of carbonyl (C=O) groups is 2. The summed E-state index contributed by atoms with van der Waals surface area (Å²) in [5.74, 6) is -1.12. The number of anilines is 1. The fraction of sp³-hybridized carbons (Fsp3) is 0.364. The molecule has 0 aliphatic heterocycles. The third-order valence-electron chi connectivity index (χ3n) is 4.41. The topological polar surface area (TPSA) is 75.6 Å². The van der Waals surface area contributed by atoms with Crippen molar-refractivity contribution in [3.05, 3.63) is 57.6 Å². The van der Waals surface area contributed by atoms with Gasteiger partial charge in [0, 0.05) is 5.69 Å². The van der Waals surface area contributed by atoms with Crippen LogP contribution in [0.2, 0.25) is 10.0 Å². The number of hydrogen-bond acceptors (Lipinski definition) is 3. The van der Waals surface area contributed by atoms with Gasteiger partial charge in [-0.3, -0.25) is 4.79 Å². The summed E-state index contributed by atoms with van der Waals surface area (Å²) in [5, 5.41) is 12.1. The molecule has 0 saturated carbocycles. The Morgan fingerprint density at radius 1 is 0.931 bits per heavy atom. The van der Waals surface area contributed by atoms with Gasteiger partial charge in [0.2, 0.25) is 0 Å². The number of halogens is 2. The first-order valence-electron chi connectivity index (χ1n) is 9.69. The molecule has 0 radical (unpaired) electrons. The first-order valence-corrected chi connectivity index (χ1v) is 10.4. The molecule has 5 nitrogen and oxygen atoms in total. The minimum absolute atomic E-state index is 0.0599. The molecule has 0 heterocycles. The van der Waals surface area contributed by atoms with E-state index < -0.39 is 11.9 Å². The van der Waals surface area contributed by atoms with E-state index in [2.05, 4.69) is 12.2 Å². The third kappa shape index (κ3) is 7.26. The van der Waals surface area contributed by atoms with Gasteiger partial charge in [-0.15, -0.1) is 0 Å². The van der Waals surface area contributed by atoms with Gasteiger partial charge in [0.25, 0.3) is 5.91 Å². The van der Waals surface area contributed by atoms with E-state index in [1.807, 2.05) is 0 Å². The SMILES string of the molecule is CCCCCCCCOc1ccc(NC(=O)c2cc(Cl)c(Cl)cc2C(=O)O)cc1. The summed E-state index contributed by atoms with van der Waals surface area (Å²) in [5.41, 5.74) is 0.246. The molecule has 0 atom stereocenters. The molecule has 0 aromatic heterocycles. The van der Waals surface area contributed by atoms with Gasteiger partial charge in [0.05, 0.1) is 27.8 Å². The minimum atomic E-state index is -1.26. The maximum Gasteiger partial charge on any atom is 0.336 e. The monoisotopic (exact) mass is 437 g/mol. The van der Waals surface area contributed by atoms with Crippen molar-refractivity contribution in [2.24, 2.45) is 0 Å². The molecule has 0 unspecified atom stereocenters. The predicted octanol–water partition coefficient (Wildman–Crippen LogP) is 6.68. The van der Waals surface area contributed by atoms with Gasteiger partial charge >= 0.3 is 5.97 Å². The van der Waals surface area contributed by atoms with E-state index in [0.717, 1.165) is 18.6 Å². The van der Waals surface area contributed by atoms with Gasteiger partial charge in [-0.05, 0) is 42.8 Å². The fourth-order valence-electron chi connectivity index (χ4n) is 2.82. The Labute approximate surface area is 181 Å². The van der Waals surface area contributed by atoms with Crippen molar-refractivity contribution in [2.45, 2.75) is 45.4 Å². The van der Waals surface area contributed by atoms with E-state index in [1.165, 1.54) is 37.8 Å². The summed E-state index contributed by atoms with van der Waals surface area (Å²) in [6, 6.07) is 9.35. The van der Waals surface area contributed by atoms with Gasteiger partial charge in [-0.25, -0.2) is 4.79 Å². The van der Waals surface area contributed by atoms with E-state index >= 15 is 0 Å². The van der Waals surface area contributed by atoms with E-state index in [1.54, 1.807) is 24.3 Å². The molecular weight excluding hydrogens is 413 g/mol. The predicted molar refractivity (Wildman–Crippen MR) is 117 cm³/mol. The van der Waals surface area contributed by atoms with Crippen molar-refractivity contribution in [1.29, 1.82) is 0 Å². The number of carbonyl (C=O) groups excluding carboxylic acids is 1.